The number of amidine groups is 1. The molecular formula is C11H9F3N2OS. The summed E-state index contributed by atoms with van der Waals surface area (Å²) >= 11 is 1.22. The highest BCUT2D eigenvalue weighted by molar-refractivity contribution is 8.14. The lowest BCUT2D eigenvalue weighted by atomic mass is 10.0. The van der Waals surface area contributed by atoms with E-state index in [-0.39, 0.29) is 5.56 Å². The van der Waals surface area contributed by atoms with E-state index in [4.69, 9.17) is 5.73 Å². The van der Waals surface area contributed by atoms with Crippen molar-refractivity contribution in [1.82, 2.24) is 0 Å². The molecule has 0 radical (unpaired) electrons. The molecule has 1 aliphatic rings. The second-order valence-corrected chi connectivity index (χ2v) is 4.78. The molecule has 18 heavy (non-hydrogen) atoms. The second-order valence-electron chi connectivity index (χ2n) is 3.74. The molecule has 96 valence electrons. The first kappa shape index (κ1) is 12.9. The lowest BCUT2D eigenvalue weighted by Crippen LogP contribution is -2.19. The van der Waals surface area contributed by atoms with Gasteiger partial charge in [-0.25, -0.2) is 0 Å². The van der Waals surface area contributed by atoms with Gasteiger partial charge < -0.3 is 5.73 Å². The van der Waals surface area contributed by atoms with Crippen molar-refractivity contribution in [2.45, 2.75) is 12.2 Å². The molecule has 1 aromatic rings. The zero-order chi connectivity index (χ0) is 13.3. The number of nitrogens with zero attached hydrogens (tertiary/aromatic N) is 1. The molecule has 3 nitrogen and oxygen atoms in total. The number of alkyl halides is 3. The van der Waals surface area contributed by atoms with Gasteiger partial charge in [-0.2, -0.15) is 13.2 Å². The maximum Gasteiger partial charge on any atom is 0.416 e. The van der Waals surface area contributed by atoms with Crippen molar-refractivity contribution in [3.63, 3.8) is 0 Å². The van der Waals surface area contributed by atoms with Crippen LogP contribution in [0.5, 0.6) is 0 Å². The van der Waals surface area contributed by atoms with Gasteiger partial charge in [0.25, 0.3) is 0 Å². The van der Waals surface area contributed by atoms with Crippen LogP contribution in [-0.4, -0.2) is 22.7 Å². The fraction of sp³-hybridized carbons (Fsp3) is 0.273. The standard InChI is InChI=1S/C11H9F3N2OS/c12-11(13,14)7-3-1-2-6(4-7)9(17)8-5-18-10(15)16-8/h1-4,8H,5H2,(H2,15,16). The third-order valence-electron chi connectivity index (χ3n) is 2.45. The smallest absolute Gasteiger partial charge is 0.379 e. The van der Waals surface area contributed by atoms with Crippen LogP contribution in [0.4, 0.5) is 13.2 Å². The number of hydrogen-bond acceptors (Lipinski definition) is 4. The summed E-state index contributed by atoms with van der Waals surface area (Å²) in [5.41, 5.74) is 4.59. The molecule has 0 aliphatic carbocycles. The Kier molecular flexibility index (Phi) is 3.34. The first-order valence-corrected chi connectivity index (χ1v) is 6.04. The van der Waals surface area contributed by atoms with Crippen LogP contribution in [0.15, 0.2) is 29.3 Å². The third kappa shape index (κ3) is 2.66. The van der Waals surface area contributed by atoms with Gasteiger partial charge in [-0.15, -0.1) is 0 Å². The number of rotatable bonds is 2. The topological polar surface area (TPSA) is 55.4 Å². The van der Waals surface area contributed by atoms with Crippen LogP contribution in [0, 0.1) is 0 Å². The molecule has 0 fully saturated rings. The van der Waals surface area contributed by atoms with Crippen LogP contribution in [0.25, 0.3) is 0 Å². The number of aliphatic imine (C=N–C) groups is 1. The van der Waals surface area contributed by atoms with Gasteiger partial charge in [-0.1, -0.05) is 23.9 Å². The summed E-state index contributed by atoms with van der Waals surface area (Å²) in [5.74, 6) is -0.0602. The van der Waals surface area contributed by atoms with Gasteiger partial charge in [-0.05, 0) is 12.1 Å². The molecule has 1 aromatic carbocycles. The van der Waals surface area contributed by atoms with E-state index in [0.29, 0.717) is 10.9 Å². The fourth-order valence-corrected chi connectivity index (χ4v) is 2.32. The zero-order valence-electron chi connectivity index (χ0n) is 9.07. The first-order chi connectivity index (χ1) is 8.38. The van der Waals surface area contributed by atoms with Crippen molar-refractivity contribution in [2.24, 2.45) is 10.7 Å². The zero-order valence-corrected chi connectivity index (χ0v) is 9.89. The molecule has 1 heterocycles. The lowest BCUT2D eigenvalue weighted by Gasteiger charge is -2.09. The van der Waals surface area contributed by atoms with Crippen molar-refractivity contribution in [1.29, 1.82) is 0 Å². The first-order valence-electron chi connectivity index (χ1n) is 5.05. The van der Waals surface area contributed by atoms with E-state index in [1.54, 1.807) is 0 Å². The highest BCUT2D eigenvalue weighted by Gasteiger charge is 2.32. The van der Waals surface area contributed by atoms with E-state index in [2.05, 4.69) is 4.99 Å². The minimum absolute atomic E-state index is 0.00822. The average molecular weight is 274 g/mol. The van der Waals surface area contributed by atoms with E-state index in [1.807, 2.05) is 0 Å². The molecule has 0 saturated carbocycles. The predicted octanol–water partition coefficient (Wildman–Crippen LogP) is 2.32. The Hall–Kier alpha value is -1.50. The maximum absolute atomic E-state index is 12.5. The van der Waals surface area contributed by atoms with Gasteiger partial charge in [0.15, 0.2) is 11.0 Å². The highest BCUT2D eigenvalue weighted by Crippen LogP contribution is 2.30. The fourth-order valence-electron chi connectivity index (χ4n) is 1.57. The van der Waals surface area contributed by atoms with Gasteiger partial charge in [0.2, 0.25) is 0 Å². The number of halogens is 3. The quantitative estimate of drug-likeness (QED) is 0.842. The molecule has 2 N–H and O–H groups in total. The second kappa shape index (κ2) is 4.64. The number of thioether (sulfide) groups is 1. The molecule has 0 spiro atoms. The van der Waals surface area contributed by atoms with Gasteiger partial charge in [0.05, 0.1) is 5.56 Å². The Morgan fingerprint density at radius 3 is 2.72 bits per heavy atom. The Labute approximate surface area is 105 Å². The van der Waals surface area contributed by atoms with Crippen LogP contribution in [0.3, 0.4) is 0 Å². The molecule has 0 amide bonds. The minimum Gasteiger partial charge on any atom is -0.379 e. The molecule has 2 rings (SSSR count). The Morgan fingerprint density at radius 2 is 2.17 bits per heavy atom. The highest BCUT2D eigenvalue weighted by atomic mass is 32.2. The van der Waals surface area contributed by atoms with Crippen molar-refractivity contribution in [2.75, 3.05) is 5.75 Å². The Bertz CT molecular complexity index is 513. The van der Waals surface area contributed by atoms with Gasteiger partial charge in [-0.3, -0.25) is 9.79 Å². The van der Waals surface area contributed by atoms with Gasteiger partial charge in [0.1, 0.15) is 6.04 Å². The molecule has 1 aliphatic heterocycles. The summed E-state index contributed by atoms with van der Waals surface area (Å²) in [4.78, 5) is 15.8. The van der Waals surface area contributed by atoms with E-state index >= 15 is 0 Å². The monoisotopic (exact) mass is 274 g/mol. The van der Waals surface area contributed by atoms with Crippen molar-refractivity contribution >= 4 is 22.7 Å². The van der Waals surface area contributed by atoms with Crippen molar-refractivity contribution < 1.29 is 18.0 Å². The van der Waals surface area contributed by atoms with Gasteiger partial charge in [0, 0.05) is 11.3 Å². The van der Waals surface area contributed by atoms with Crippen LogP contribution in [0.2, 0.25) is 0 Å². The summed E-state index contributed by atoms with van der Waals surface area (Å²) < 4.78 is 37.5. The van der Waals surface area contributed by atoms with Crippen LogP contribution >= 0.6 is 11.8 Å². The Morgan fingerprint density at radius 1 is 1.44 bits per heavy atom. The summed E-state index contributed by atoms with van der Waals surface area (Å²) in [6.45, 7) is 0. The van der Waals surface area contributed by atoms with Crippen LogP contribution in [0.1, 0.15) is 15.9 Å². The lowest BCUT2D eigenvalue weighted by molar-refractivity contribution is -0.137. The van der Waals surface area contributed by atoms with Crippen molar-refractivity contribution in [3.05, 3.63) is 35.4 Å². The number of Topliss-reactive ketones (excluding diaryl/α,β-unsaturated/α-hetero) is 1. The molecule has 1 atom stereocenters. The van der Waals surface area contributed by atoms with Crippen LogP contribution < -0.4 is 5.73 Å². The normalized spacial score (nSPS) is 19.7. The molecule has 0 aromatic heterocycles. The summed E-state index contributed by atoms with van der Waals surface area (Å²) in [7, 11) is 0. The number of carbonyl (C=O) groups excluding carboxylic acids is 1. The average Bonchev–Trinajstić information content (AvgIpc) is 2.74. The largest absolute Gasteiger partial charge is 0.416 e. The molecule has 1 unspecified atom stereocenters. The SMILES string of the molecule is NC1=NC(C(=O)c2cccc(C(F)(F)F)c2)CS1. The summed E-state index contributed by atoms with van der Waals surface area (Å²) in [5, 5.41) is 0.292. The minimum atomic E-state index is -4.46. The summed E-state index contributed by atoms with van der Waals surface area (Å²) in [6, 6.07) is 3.66. The Balaban J connectivity index is 2.26. The van der Waals surface area contributed by atoms with Crippen molar-refractivity contribution in [3.8, 4) is 0 Å². The van der Waals surface area contributed by atoms with Gasteiger partial charge >= 0.3 is 6.18 Å². The van der Waals surface area contributed by atoms with E-state index in [0.717, 1.165) is 12.1 Å². The number of ketones is 1. The molecule has 7 heteroatoms. The van der Waals surface area contributed by atoms with Crippen LogP contribution in [-0.2, 0) is 6.18 Å². The number of benzene rings is 1. The molecular weight excluding hydrogens is 265 g/mol. The maximum atomic E-state index is 12.5. The van der Waals surface area contributed by atoms with E-state index in [9.17, 15) is 18.0 Å². The predicted molar refractivity (Wildman–Crippen MR) is 63.6 cm³/mol. The molecule has 0 saturated heterocycles. The number of nitrogens with two attached hydrogens (primary N) is 1. The third-order valence-corrected chi connectivity index (χ3v) is 3.33. The summed E-state index contributed by atoms with van der Waals surface area (Å²) in [6.07, 6.45) is -4.46. The van der Waals surface area contributed by atoms with E-state index in [1.165, 1.54) is 23.9 Å². The van der Waals surface area contributed by atoms with E-state index < -0.39 is 23.6 Å². The number of hydrogen-bond donors (Lipinski definition) is 1. The molecule has 0 bridgehead atoms. The number of carbonyl (C=O) groups is 1.